The van der Waals surface area contributed by atoms with Crippen LogP contribution in [-0.4, -0.2) is 46.1 Å². The fraction of sp³-hybridized carbons (Fsp3) is 0.333. The first kappa shape index (κ1) is 11.0. The first-order valence-corrected chi connectivity index (χ1v) is 5.98. The van der Waals surface area contributed by atoms with E-state index in [2.05, 4.69) is 30.2 Å². The Morgan fingerprint density at radius 3 is 2.39 bits per heavy atom. The zero-order valence-electron chi connectivity index (χ0n) is 9.95. The smallest absolute Gasteiger partial charge is 0.179 e. The van der Waals surface area contributed by atoms with Gasteiger partial charge in [-0.15, -0.1) is 0 Å². The monoisotopic (exact) mass is 242 g/mol. The molecular weight excluding hydrogens is 228 g/mol. The van der Waals surface area contributed by atoms with Crippen LogP contribution in [0.25, 0.3) is 11.5 Å². The molecule has 6 nitrogen and oxygen atoms in total. The first-order chi connectivity index (χ1) is 8.93. The van der Waals surface area contributed by atoms with Crippen molar-refractivity contribution in [3.05, 3.63) is 30.9 Å². The minimum atomic E-state index is 0.608. The number of hydrogen-bond donors (Lipinski definition) is 1. The molecule has 2 aromatic rings. The van der Waals surface area contributed by atoms with Gasteiger partial charge in [-0.05, 0) is 6.07 Å². The Bertz CT molecular complexity index is 492. The summed E-state index contributed by atoms with van der Waals surface area (Å²) < 4.78 is 0. The molecule has 2 aromatic heterocycles. The lowest BCUT2D eigenvalue weighted by Crippen LogP contribution is -2.43. The van der Waals surface area contributed by atoms with Gasteiger partial charge in [0.2, 0.25) is 0 Å². The Balaban J connectivity index is 1.80. The van der Waals surface area contributed by atoms with Gasteiger partial charge in [-0.1, -0.05) is 0 Å². The van der Waals surface area contributed by atoms with E-state index in [1.54, 1.807) is 30.9 Å². The van der Waals surface area contributed by atoms with Crippen LogP contribution in [0.15, 0.2) is 30.9 Å². The molecule has 0 spiro atoms. The summed E-state index contributed by atoms with van der Waals surface area (Å²) >= 11 is 0. The van der Waals surface area contributed by atoms with Gasteiger partial charge in [0.1, 0.15) is 11.5 Å². The van der Waals surface area contributed by atoms with E-state index in [9.17, 15) is 0 Å². The average molecular weight is 242 g/mol. The summed E-state index contributed by atoms with van der Waals surface area (Å²) in [6, 6.07) is 1.78. The molecule has 1 fully saturated rings. The summed E-state index contributed by atoms with van der Waals surface area (Å²) in [5, 5.41) is 3.31. The van der Waals surface area contributed by atoms with Gasteiger partial charge in [-0.3, -0.25) is 0 Å². The maximum absolute atomic E-state index is 4.43. The molecule has 6 heteroatoms. The van der Waals surface area contributed by atoms with Crippen molar-refractivity contribution in [1.82, 2.24) is 25.3 Å². The van der Waals surface area contributed by atoms with Crippen molar-refractivity contribution in [2.24, 2.45) is 0 Å². The van der Waals surface area contributed by atoms with Crippen LogP contribution in [0, 0.1) is 0 Å². The highest BCUT2D eigenvalue weighted by atomic mass is 15.2. The van der Waals surface area contributed by atoms with Gasteiger partial charge in [-0.25, -0.2) is 19.9 Å². The molecule has 18 heavy (non-hydrogen) atoms. The van der Waals surface area contributed by atoms with E-state index in [4.69, 9.17) is 0 Å². The predicted octanol–water partition coefficient (Wildman–Crippen LogP) is 0.343. The molecule has 1 aliphatic rings. The van der Waals surface area contributed by atoms with E-state index in [1.165, 1.54) is 0 Å². The maximum Gasteiger partial charge on any atom is 0.179 e. The zero-order chi connectivity index (χ0) is 12.2. The second kappa shape index (κ2) is 5.05. The topological polar surface area (TPSA) is 66.8 Å². The summed E-state index contributed by atoms with van der Waals surface area (Å²) in [5.41, 5.74) is 0.703. The summed E-state index contributed by atoms with van der Waals surface area (Å²) in [5.74, 6) is 1.52. The van der Waals surface area contributed by atoms with Crippen LogP contribution in [0.5, 0.6) is 0 Å². The molecule has 0 atom stereocenters. The van der Waals surface area contributed by atoms with E-state index < -0.39 is 0 Å². The summed E-state index contributed by atoms with van der Waals surface area (Å²) in [7, 11) is 0. The van der Waals surface area contributed by atoms with Crippen molar-refractivity contribution in [2.45, 2.75) is 0 Å². The van der Waals surface area contributed by atoms with E-state index in [0.717, 1.165) is 32.0 Å². The van der Waals surface area contributed by atoms with Gasteiger partial charge >= 0.3 is 0 Å². The Morgan fingerprint density at radius 2 is 1.72 bits per heavy atom. The fourth-order valence-corrected chi connectivity index (χ4v) is 1.93. The lowest BCUT2D eigenvalue weighted by atomic mass is 10.3. The molecule has 0 radical (unpaired) electrons. The number of anilines is 1. The Morgan fingerprint density at radius 1 is 0.944 bits per heavy atom. The highest BCUT2D eigenvalue weighted by Gasteiger charge is 2.12. The Labute approximate surface area is 105 Å². The third kappa shape index (κ3) is 2.28. The Hall–Kier alpha value is -2.08. The van der Waals surface area contributed by atoms with Crippen molar-refractivity contribution < 1.29 is 0 Å². The molecule has 0 bridgehead atoms. The number of nitrogens with zero attached hydrogens (tertiary/aromatic N) is 5. The predicted molar refractivity (Wildman–Crippen MR) is 68.1 cm³/mol. The van der Waals surface area contributed by atoms with Crippen molar-refractivity contribution >= 4 is 5.82 Å². The van der Waals surface area contributed by atoms with Gasteiger partial charge < -0.3 is 10.2 Å². The lowest BCUT2D eigenvalue weighted by Gasteiger charge is -2.27. The van der Waals surface area contributed by atoms with Crippen LogP contribution in [0.2, 0.25) is 0 Å². The largest absolute Gasteiger partial charge is 0.353 e. The van der Waals surface area contributed by atoms with Gasteiger partial charge in [0.15, 0.2) is 5.82 Å². The van der Waals surface area contributed by atoms with Crippen molar-refractivity contribution in [2.75, 3.05) is 31.1 Å². The highest BCUT2D eigenvalue weighted by molar-refractivity contribution is 5.49. The van der Waals surface area contributed by atoms with Crippen LogP contribution < -0.4 is 10.2 Å². The Kier molecular flexibility index (Phi) is 3.10. The van der Waals surface area contributed by atoms with Crippen molar-refractivity contribution in [3.8, 4) is 11.5 Å². The minimum absolute atomic E-state index is 0.608. The van der Waals surface area contributed by atoms with Gasteiger partial charge in [-0.2, -0.15) is 0 Å². The summed E-state index contributed by atoms with van der Waals surface area (Å²) in [6.45, 7) is 3.92. The van der Waals surface area contributed by atoms with Gasteiger partial charge in [0.25, 0.3) is 0 Å². The molecule has 1 aliphatic heterocycles. The second-order valence-corrected chi connectivity index (χ2v) is 4.07. The molecule has 3 rings (SSSR count). The van der Waals surface area contributed by atoms with E-state index >= 15 is 0 Å². The molecule has 0 aromatic carbocycles. The van der Waals surface area contributed by atoms with Crippen molar-refractivity contribution in [3.63, 3.8) is 0 Å². The van der Waals surface area contributed by atoms with E-state index in [0.29, 0.717) is 11.5 Å². The molecule has 0 unspecified atom stereocenters. The molecule has 0 amide bonds. The number of nitrogens with one attached hydrogen (secondary N) is 1. The zero-order valence-corrected chi connectivity index (χ0v) is 9.95. The number of hydrogen-bond acceptors (Lipinski definition) is 6. The molecule has 1 N–H and O–H groups in total. The van der Waals surface area contributed by atoms with E-state index in [-0.39, 0.29) is 0 Å². The third-order valence-corrected chi connectivity index (χ3v) is 2.87. The molecule has 3 heterocycles. The van der Waals surface area contributed by atoms with Crippen LogP contribution in [0.4, 0.5) is 5.82 Å². The number of aromatic nitrogens is 4. The molecule has 1 saturated heterocycles. The average Bonchev–Trinajstić information content (AvgIpc) is 2.49. The number of rotatable bonds is 2. The quantitative estimate of drug-likeness (QED) is 0.819. The maximum atomic E-state index is 4.43. The highest BCUT2D eigenvalue weighted by Crippen LogP contribution is 2.14. The summed E-state index contributed by atoms with van der Waals surface area (Å²) in [6.07, 6.45) is 6.92. The van der Waals surface area contributed by atoms with Gasteiger partial charge in [0, 0.05) is 38.6 Å². The SMILES string of the molecule is c1cnc(-c2cnc(N3CCNCC3)cn2)nc1. The first-order valence-electron chi connectivity index (χ1n) is 5.98. The minimum Gasteiger partial charge on any atom is -0.353 e. The van der Waals surface area contributed by atoms with Gasteiger partial charge in [0.05, 0.1) is 12.4 Å². The lowest BCUT2D eigenvalue weighted by molar-refractivity contribution is 0.584. The number of piperazine rings is 1. The van der Waals surface area contributed by atoms with Crippen LogP contribution in [0.3, 0.4) is 0 Å². The third-order valence-electron chi connectivity index (χ3n) is 2.87. The molecular formula is C12H14N6. The second-order valence-electron chi connectivity index (χ2n) is 4.07. The molecule has 0 aliphatic carbocycles. The molecule has 92 valence electrons. The van der Waals surface area contributed by atoms with Crippen LogP contribution >= 0.6 is 0 Å². The summed E-state index contributed by atoms with van der Waals surface area (Å²) in [4.78, 5) is 19.3. The van der Waals surface area contributed by atoms with Crippen LogP contribution in [-0.2, 0) is 0 Å². The molecule has 0 saturated carbocycles. The fourth-order valence-electron chi connectivity index (χ4n) is 1.93. The van der Waals surface area contributed by atoms with E-state index in [1.807, 2.05) is 0 Å². The van der Waals surface area contributed by atoms with Crippen molar-refractivity contribution in [1.29, 1.82) is 0 Å². The normalized spacial score (nSPS) is 15.7. The van der Waals surface area contributed by atoms with Crippen LogP contribution in [0.1, 0.15) is 0 Å². The standard InChI is InChI=1S/C12H14N6/c1-2-14-12(15-3-1)10-8-17-11(9-16-10)18-6-4-13-5-7-18/h1-3,8-9,13H,4-7H2.